The van der Waals surface area contributed by atoms with E-state index >= 15 is 0 Å². The van der Waals surface area contributed by atoms with Gasteiger partial charge in [0.05, 0.1) is 11.4 Å². The molecule has 9 heteroatoms. The Hall–Kier alpha value is -1.00. The number of fused-ring (bicyclic) bond motifs is 3. The SMILES string of the molecule is O=C1NC(c2cc(Br)cs2)NC2C1SC1NC(C(F)F)CC(c3ccccc3)C12. The average molecular weight is 500 g/mol. The molecule has 7 unspecified atom stereocenters. The first kappa shape index (κ1) is 19.9. The monoisotopic (exact) mass is 499 g/mol. The Bertz CT molecular complexity index is 899. The van der Waals surface area contributed by atoms with Crippen molar-refractivity contribution in [1.82, 2.24) is 16.0 Å². The quantitative estimate of drug-likeness (QED) is 0.595. The minimum Gasteiger partial charge on any atom is -0.335 e. The highest BCUT2D eigenvalue weighted by atomic mass is 79.9. The normalized spacial score (nSPS) is 36.6. The molecular formula is C20H20BrF2N3OS2. The van der Waals surface area contributed by atoms with E-state index < -0.39 is 12.5 Å². The summed E-state index contributed by atoms with van der Waals surface area (Å²) < 4.78 is 28.2. The van der Waals surface area contributed by atoms with Crippen molar-refractivity contribution in [1.29, 1.82) is 0 Å². The van der Waals surface area contributed by atoms with Crippen LogP contribution in [0.5, 0.6) is 0 Å². The Balaban J connectivity index is 1.48. The Morgan fingerprint density at radius 3 is 2.66 bits per heavy atom. The molecule has 3 aliphatic rings. The summed E-state index contributed by atoms with van der Waals surface area (Å²) in [6.45, 7) is 0. The Kier molecular flexibility index (Phi) is 5.45. The van der Waals surface area contributed by atoms with Gasteiger partial charge in [-0.25, -0.2) is 8.78 Å². The summed E-state index contributed by atoms with van der Waals surface area (Å²) in [4.78, 5) is 13.9. The molecule has 3 fully saturated rings. The average Bonchev–Trinajstić information content (AvgIpc) is 3.32. The number of thiophene rings is 1. The molecule has 154 valence electrons. The zero-order chi connectivity index (χ0) is 20.1. The van der Waals surface area contributed by atoms with Crippen LogP contribution in [-0.2, 0) is 4.79 Å². The third kappa shape index (κ3) is 3.65. The van der Waals surface area contributed by atoms with Crippen molar-refractivity contribution in [3.63, 3.8) is 0 Å². The summed E-state index contributed by atoms with van der Waals surface area (Å²) in [5, 5.41) is 11.3. The summed E-state index contributed by atoms with van der Waals surface area (Å²) in [7, 11) is 0. The second-order valence-corrected chi connectivity index (χ2v) is 10.9. The van der Waals surface area contributed by atoms with Gasteiger partial charge in [-0.15, -0.1) is 23.1 Å². The molecule has 29 heavy (non-hydrogen) atoms. The second-order valence-electron chi connectivity index (χ2n) is 7.72. The van der Waals surface area contributed by atoms with E-state index in [9.17, 15) is 13.6 Å². The number of rotatable bonds is 3. The number of carbonyl (C=O) groups excluding carboxylic acids is 1. The van der Waals surface area contributed by atoms with Crippen molar-refractivity contribution < 1.29 is 13.6 Å². The van der Waals surface area contributed by atoms with E-state index in [0.717, 1.165) is 14.9 Å². The van der Waals surface area contributed by atoms with E-state index in [1.165, 1.54) is 11.8 Å². The van der Waals surface area contributed by atoms with Gasteiger partial charge in [-0.1, -0.05) is 30.3 Å². The van der Waals surface area contributed by atoms with Gasteiger partial charge in [-0.2, -0.15) is 0 Å². The third-order valence-electron chi connectivity index (χ3n) is 6.04. The van der Waals surface area contributed by atoms with E-state index in [1.807, 2.05) is 41.8 Å². The lowest BCUT2D eigenvalue weighted by atomic mass is 9.73. The van der Waals surface area contributed by atoms with Gasteiger partial charge < -0.3 is 5.32 Å². The number of benzene rings is 1. The molecular weight excluding hydrogens is 480 g/mol. The zero-order valence-corrected chi connectivity index (χ0v) is 18.4. The molecule has 3 aliphatic heterocycles. The van der Waals surface area contributed by atoms with Gasteiger partial charge >= 0.3 is 0 Å². The van der Waals surface area contributed by atoms with Gasteiger partial charge in [0, 0.05) is 26.7 Å². The van der Waals surface area contributed by atoms with Crippen LogP contribution in [0.4, 0.5) is 8.78 Å². The lowest BCUT2D eigenvalue weighted by Gasteiger charge is -2.43. The van der Waals surface area contributed by atoms with Crippen molar-refractivity contribution in [2.45, 2.75) is 47.6 Å². The number of amides is 1. The summed E-state index contributed by atoms with van der Waals surface area (Å²) in [5.74, 6) is 0.00214. The van der Waals surface area contributed by atoms with E-state index in [-0.39, 0.29) is 40.6 Å². The number of alkyl halides is 2. The number of thioether (sulfide) groups is 1. The number of carbonyl (C=O) groups is 1. The van der Waals surface area contributed by atoms with Crippen LogP contribution >= 0.6 is 39.0 Å². The van der Waals surface area contributed by atoms with Crippen LogP contribution in [0, 0.1) is 5.92 Å². The number of hydrogen-bond acceptors (Lipinski definition) is 5. The molecule has 4 nitrogen and oxygen atoms in total. The molecule has 0 radical (unpaired) electrons. The van der Waals surface area contributed by atoms with Gasteiger partial charge in [0.1, 0.15) is 11.4 Å². The number of piperidine rings is 1. The largest absolute Gasteiger partial charge is 0.335 e. The van der Waals surface area contributed by atoms with Crippen LogP contribution in [0.2, 0.25) is 0 Å². The molecule has 4 heterocycles. The summed E-state index contributed by atoms with van der Waals surface area (Å²) in [6, 6.07) is 10.9. The fraction of sp³-hybridized carbons (Fsp3) is 0.450. The summed E-state index contributed by atoms with van der Waals surface area (Å²) >= 11 is 6.53. The lowest BCUT2D eigenvalue weighted by molar-refractivity contribution is -0.124. The maximum Gasteiger partial charge on any atom is 0.253 e. The Morgan fingerprint density at radius 1 is 1.17 bits per heavy atom. The molecule has 1 aromatic carbocycles. The van der Waals surface area contributed by atoms with E-state index in [0.29, 0.717) is 6.42 Å². The van der Waals surface area contributed by atoms with Crippen LogP contribution in [0.1, 0.15) is 28.9 Å². The molecule has 5 rings (SSSR count). The van der Waals surface area contributed by atoms with E-state index in [1.54, 1.807) is 11.3 Å². The molecule has 3 N–H and O–H groups in total. The predicted molar refractivity (Wildman–Crippen MR) is 115 cm³/mol. The van der Waals surface area contributed by atoms with Gasteiger partial charge in [0.15, 0.2) is 0 Å². The van der Waals surface area contributed by atoms with Crippen LogP contribution in [-0.4, -0.2) is 35.0 Å². The van der Waals surface area contributed by atoms with Crippen LogP contribution in [0.15, 0.2) is 46.3 Å². The van der Waals surface area contributed by atoms with Crippen molar-refractivity contribution in [2.24, 2.45) is 5.92 Å². The van der Waals surface area contributed by atoms with Crippen LogP contribution < -0.4 is 16.0 Å². The minimum atomic E-state index is -2.43. The number of halogens is 3. The molecule has 7 atom stereocenters. The highest BCUT2D eigenvalue weighted by molar-refractivity contribution is 9.10. The smallest absolute Gasteiger partial charge is 0.253 e. The lowest BCUT2D eigenvalue weighted by Crippen LogP contribution is -2.61. The van der Waals surface area contributed by atoms with Gasteiger partial charge in [0.2, 0.25) is 5.91 Å². The van der Waals surface area contributed by atoms with Crippen LogP contribution in [0.3, 0.4) is 0 Å². The molecule has 3 saturated heterocycles. The molecule has 0 saturated carbocycles. The fourth-order valence-electron chi connectivity index (χ4n) is 4.79. The number of nitrogens with one attached hydrogen (secondary N) is 3. The first-order valence-corrected chi connectivity index (χ1v) is 12.2. The zero-order valence-electron chi connectivity index (χ0n) is 15.2. The fourth-order valence-corrected chi connectivity index (χ4v) is 7.98. The topological polar surface area (TPSA) is 53.2 Å². The second kappa shape index (κ2) is 7.92. The Morgan fingerprint density at radius 2 is 1.97 bits per heavy atom. The van der Waals surface area contributed by atoms with Gasteiger partial charge in [0.25, 0.3) is 6.43 Å². The van der Waals surface area contributed by atoms with Crippen molar-refractivity contribution in [3.05, 3.63) is 56.7 Å². The first-order chi connectivity index (χ1) is 14.0. The first-order valence-electron chi connectivity index (χ1n) is 9.56. The molecule has 2 aromatic rings. The molecule has 1 aromatic heterocycles. The number of hydrogen-bond donors (Lipinski definition) is 3. The van der Waals surface area contributed by atoms with Crippen molar-refractivity contribution in [3.8, 4) is 0 Å². The summed E-state index contributed by atoms with van der Waals surface area (Å²) in [6.07, 6.45) is -2.32. The van der Waals surface area contributed by atoms with Gasteiger partial charge in [-0.3, -0.25) is 15.4 Å². The predicted octanol–water partition coefficient (Wildman–Crippen LogP) is 4.07. The maximum absolute atomic E-state index is 13.6. The van der Waals surface area contributed by atoms with Crippen molar-refractivity contribution >= 4 is 44.9 Å². The minimum absolute atomic E-state index is 0.0233. The standard InChI is InChI=1S/C20H20BrF2N3OS2/c21-10-6-13(28-8-10)18-25-15-14-11(9-4-2-1-3-5-9)7-12(17(22)23)24-20(14)29-16(15)19(27)26-18/h1-6,8,11-12,14-18,20,24-25H,7H2,(H,26,27). The molecule has 0 spiro atoms. The highest BCUT2D eigenvalue weighted by Gasteiger charge is 2.56. The van der Waals surface area contributed by atoms with E-state index in [2.05, 4.69) is 31.9 Å². The Labute approximate surface area is 184 Å². The third-order valence-corrected chi connectivity index (χ3v) is 9.35. The highest BCUT2D eigenvalue weighted by Crippen LogP contribution is 2.51. The molecule has 1 amide bonds. The maximum atomic E-state index is 13.6. The van der Waals surface area contributed by atoms with E-state index in [4.69, 9.17) is 0 Å². The van der Waals surface area contributed by atoms with Crippen LogP contribution in [0.25, 0.3) is 0 Å². The summed E-state index contributed by atoms with van der Waals surface area (Å²) in [5.41, 5.74) is 1.07. The molecule has 0 bridgehead atoms. The van der Waals surface area contributed by atoms with Crippen molar-refractivity contribution in [2.75, 3.05) is 0 Å². The molecule has 0 aliphatic carbocycles. The van der Waals surface area contributed by atoms with Gasteiger partial charge in [-0.05, 0) is 39.9 Å².